The maximum absolute atomic E-state index is 12.6. The van der Waals surface area contributed by atoms with Crippen molar-refractivity contribution in [2.75, 3.05) is 19.6 Å². The molecule has 2 saturated heterocycles. The van der Waals surface area contributed by atoms with Gasteiger partial charge >= 0.3 is 5.97 Å². The lowest BCUT2D eigenvalue weighted by molar-refractivity contribution is -0.135. The summed E-state index contributed by atoms with van der Waals surface area (Å²) in [5.41, 5.74) is 0.451. The van der Waals surface area contributed by atoms with Gasteiger partial charge in [-0.05, 0) is 54.9 Å². The highest BCUT2D eigenvalue weighted by Gasteiger charge is 2.37. The first-order valence-electron chi connectivity index (χ1n) is 9.49. The molecule has 1 aromatic carbocycles. The van der Waals surface area contributed by atoms with E-state index in [1.165, 1.54) is 24.3 Å². The van der Waals surface area contributed by atoms with Crippen LogP contribution in [0.3, 0.4) is 0 Å². The average Bonchev–Trinajstić information content (AvgIpc) is 3.47. The zero-order chi connectivity index (χ0) is 22.1. The number of rotatable bonds is 5. The molecule has 3 amide bonds. The van der Waals surface area contributed by atoms with Gasteiger partial charge in [-0.1, -0.05) is 11.6 Å². The van der Waals surface area contributed by atoms with Crippen LogP contribution in [0.15, 0.2) is 39.7 Å². The van der Waals surface area contributed by atoms with Crippen molar-refractivity contribution >= 4 is 52.5 Å². The fraction of sp³-hybridized carbons (Fsp3) is 0.238. The van der Waals surface area contributed by atoms with Gasteiger partial charge in [0.1, 0.15) is 18.1 Å². The Morgan fingerprint density at radius 3 is 2.61 bits per heavy atom. The maximum atomic E-state index is 12.6. The van der Waals surface area contributed by atoms with Crippen molar-refractivity contribution in [3.05, 3.63) is 51.6 Å². The number of carbonyl (C=O) groups is 4. The van der Waals surface area contributed by atoms with Gasteiger partial charge in [0.2, 0.25) is 5.91 Å². The molecule has 1 N–H and O–H groups in total. The van der Waals surface area contributed by atoms with Crippen LogP contribution < -0.4 is 0 Å². The van der Waals surface area contributed by atoms with Crippen LogP contribution in [0.1, 0.15) is 29.0 Å². The third-order valence-electron chi connectivity index (χ3n) is 5.00. The van der Waals surface area contributed by atoms with Gasteiger partial charge in [0.25, 0.3) is 11.1 Å². The smallest absolute Gasteiger partial charge is 0.335 e. The molecule has 4 rings (SSSR count). The molecule has 0 aliphatic carbocycles. The number of halogens is 1. The summed E-state index contributed by atoms with van der Waals surface area (Å²) in [5, 5.41) is 8.97. The second-order valence-electron chi connectivity index (χ2n) is 7.06. The predicted molar refractivity (Wildman–Crippen MR) is 115 cm³/mol. The van der Waals surface area contributed by atoms with Gasteiger partial charge in [-0.25, -0.2) is 4.79 Å². The lowest BCUT2D eigenvalue weighted by Gasteiger charge is -2.18. The third-order valence-corrected chi connectivity index (χ3v) is 6.24. The minimum atomic E-state index is -1.10. The summed E-state index contributed by atoms with van der Waals surface area (Å²) in [6, 6.07) is 7.43. The van der Waals surface area contributed by atoms with Crippen LogP contribution in [0.2, 0.25) is 5.02 Å². The first-order valence-corrected chi connectivity index (χ1v) is 10.7. The van der Waals surface area contributed by atoms with E-state index in [0.29, 0.717) is 35.2 Å². The van der Waals surface area contributed by atoms with Crippen LogP contribution in [-0.4, -0.2) is 57.6 Å². The van der Waals surface area contributed by atoms with E-state index in [4.69, 9.17) is 21.1 Å². The zero-order valence-corrected chi connectivity index (χ0v) is 17.7. The van der Waals surface area contributed by atoms with Crippen LogP contribution in [0, 0.1) is 0 Å². The number of carboxylic acid groups (broad SMARTS) is 1. The minimum absolute atomic E-state index is 0.0566. The molecule has 2 aliphatic heterocycles. The summed E-state index contributed by atoms with van der Waals surface area (Å²) < 4.78 is 5.70. The van der Waals surface area contributed by atoms with E-state index in [1.54, 1.807) is 17.0 Å². The molecule has 0 unspecified atom stereocenters. The number of benzene rings is 1. The number of hydrogen-bond acceptors (Lipinski definition) is 6. The highest BCUT2D eigenvalue weighted by Crippen LogP contribution is 2.35. The highest BCUT2D eigenvalue weighted by molar-refractivity contribution is 8.18. The SMILES string of the molecule is O=C(O)c1ccc(Cl)c(-c2ccc(/C=C3\SC(=O)N(CC(=O)N4CCCC4)C3=O)o2)c1. The Morgan fingerprint density at radius 1 is 1.16 bits per heavy atom. The molecular weight excluding hydrogens is 444 g/mol. The first kappa shape index (κ1) is 21.2. The molecule has 0 atom stereocenters. The third kappa shape index (κ3) is 4.38. The number of imide groups is 1. The van der Waals surface area contributed by atoms with Crippen molar-refractivity contribution in [3.8, 4) is 11.3 Å². The monoisotopic (exact) mass is 460 g/mol. The normalized spacial score (nSPS) is 17.8. The van der Waals surface area contributed by atoms with Crippen LogP contribution in [0.25, 0.3) is 17.4 Å². The van der Waals surface area contributed by atoms with Crippen molar-refractivity contribution in [3.63, 3.8) is 0 Å². The summed E-state index contributed by atoms with van der Waals surface area (Å²) in [4.78, 5) is 51.1. The van der Waals surface area contributed by atoms with E-state index in [2.05, 4.69) is 0 Å². The molecule has 2 aliphatic rings. The van der Waals surface area contributed by atoms with Gasteiger partial charge in [0.05, 0.1) is 15.5 Å². The Labute approximate surface area is 186 Å². The number of carbonyl (C=O) groups excluding carboxylic acids is 3. The van der Waals surface area contributed by atoms with Gasteiger partial charge in [0, 0.05) is 24.7 Å². The first-order chi connectivity index (χ1) is 14.8. The number of thioether (sulfide) groups is 1. The standard InChI is InChI=1S/C21H17ClN2O6S/c22-15-5-3-12(20(27)28)9-14(15)16-6-4-13(30-16)10-17-19(26)24(21(29)31-17)11-18(25)23-7-1-2-8-23/h3-6,9-10H,1-2,7-8,11H2,(H,27,28)/b17-10-. The molecule has 2 fully saturated rings. The van der Waals surface area contributed by atoms with Crippen LogP contribution in [0.4, 0.5) is 4.79 Å². The van der Waals surface area contributed by atoms with E-state index in [0.717, 1.165) is 29.5 Å². The highest BCUT2D eigenvalue weighted by atomic mass is 35.5. The van der Waals surface area contributed by atoms with Crippen molar-refractivity contribution in [2.24, 2.45) is 0 Å². The van der Waals surface area contributed by atoms with Gasteiger partial charge in [-0.15, -0.1) is 0 Å². The molecule has 0 radical (unpaired) electrons. The Kier molecular flexibility index (Phi) is 5.88. The number of amides is 3. The Morgan fingerprint density at radius 2 is 1.90 bits per heavy atom. The van der Waals surface area contributed by atoms with Crippen LogP contribution in [-0.2, 0) is 9.59 Å². The Bertz CT molecular complexity index is 1120. The number of nitrogens with zero attached hydrogens (tertiary/aromatic N) is 2. The Hall–Kier alpha value is -3.04. The van der Waals surface area contributed by atoms with Crippen molar-refractivity contribution in [2.45, 2.75) is 12.8 Å². The lowest BCUT2D eigenvalue weighted by Crippen LogP contribution is -2.40. The van der Waals surface area contributed by atoms with Gasteiger partial charge < -0.3 is 14.4 Å². The van der Waals surface area contributed by atoms with E-state index in [1.807, 2.05) is 0 Å². The van der Waals surface area contributed by atoms with Crippen molar-refractivity contribution in [1.82, 2.24) is 9.80 Å². The number of carboxylic acids is 1. The summed E-state index contributed by atoms with van der Waals surface area (Å²) in [6.45, 7) is 1.01. The summed E-state index contributed by atoms with van der Waals surface area (Å²) in [6.07, 6.45) is 3.27. The number of likely N-dealkylation sites (tertiary alicyclic amines) is 1. The lowest BCUT2D eigenvalue weighted by atomic mass is 10.1. The number of aromatic carboxylic acids is 1. The second kappa shape index (κ2) is 8.60. The topological polar surface area (TPSA) is 108 Å². The van der Waals surface area contributed by atoms with Crippen molar-refractivity contribution < 1.29 is 28.7 Å². The molecule has 10 heteroatoms. The Balaban J connectivity index is 1.52. The van der Waals surface area contributed by atoms with Crippen molar-refractivity contribution in [1.29, 1.82) is 0 Å². The zero-order valence-electron chi connectivity index (χ0n) is 16.2. The second-order valence-corrected chi connectivity index (χ2v) is 8.46. The molecule has 0 spiro atoms. The van der Waals surface area contributed by atoms with E-state index >= 15 is 0 Å². The van der Waals surface area contributed by atoms with Gasteiger partial charge in [-0.3, -0.25) is 19.3 Å². The molecule has 1 aromatic heterocycles. The molecule has 0 bridgehead atoms. The minimum Gasteiger partial charge on any atom is -0.478 e. The molecule has 31 heavy (non-hydrogen) atoms. The molecule has 8 nitrogen and oxygen atoms in total. The fourth-order valence-corrected chi connectivity index (χ4v) is 4.42. The predicted octanol–water partition coefficient (Wildman–Crippen LogP) is 3.96. The number of hydrogen-bond donors (Lipinski definition) is 1. The molecule has 2 aromatic rings. The van der Waals surface area contributed by atoms with Crippen LogP contribution in [0.5, 0.6) is 0 Å². The van der Waals surface area contributed by atoms with Crippen LogP contribution >= 0.6 is 23.4 Å². The summed E-state index contributed by atoms with van der Waals surface area (Å²) >= 11 is 6.90. The number of furan rings is 1. The van der Waals surface area contributed by atoms with E-state index < -0.39 is 17.1 Å². The molecule has 160 valence electrons. The van der Waals surface area contributed by atoms with Gasteiger partial charge in [0.15, 0.2) is 0 Å². The average molecular weight is 461 g/mol. The summed E-state index contributed by atoms with van der Waals surface area (Å²) in [5.74, 6) is -1.27. The van der Waals surface area contributed by atoms with E-state index in [9.17, 15) is 19.2 Å². The largest absolute Gasteiger partial charge is 0.478 e. The molecule has 0 saturated carbocycles. The summed E-state index contributed by atoms with van der Waals surface area (Å²) in [7, 11) is 0. The van der Waals surface area contributed by atoms with Gasteiger partial charge in [-0.2, -0.15) is 0 Å². The molecule has 3 heterocycles. The quantitative estimate of drug-likeness (QED) is 0.673. The van der Waals surface area contributed by atoms with E-state index in [-0.39, 0.29) is 22.9 Å². The maximum Gasteiger partial charge on any atom is 0.335 e. The fourth-order valence-electron chi connectivity index (χ4n) is 3.39. The molecular formula is C21H17ClN2O6S.